The minimum atomic E-state index is -0.894. The SMILES string of the molecule is C1CCCC1.C1CCOC1.C1CCOC1.C1CCOC1.CC.CC(C)CN(C)C.CC(C)CN1C2CCCC1CC2.CC(C)CN1CC(C)(F)C1.CC(C)CN1CC2(CCCC2)C1.CC(C)CN1CC2CCC(C2)C1.CC(C)CN1CC2CCC1C2.CC(C)CN1CC2CCCC2C1.CC(C)CN1CCC1.CC(C)CN1CCOCC1.CCC(C)C.CCCC(C)C.CCCC(C)C.CCO. The fourth-order valence-corrected chi connectivity index (χ4v) is 22.8. The third kappa shape index (κ3) is 74.3. The van der Waals surface area contributed by atoms with Crippen LogP contribution < -0.4 is 0 Å². The molecule has 0 aromatic heterocycles. The number of nitrogens with zero attached hydrogens (tertiary/aromatic N) is 9. The van der Waals surface area contributed by atoms with Crippen LogP contribution in [0.3, 0.4) is 0 Å². The van der Waals surface area contributed by atoms with Gasteiger partial charge in [-0.1, -0.05) is 291 Å². The number of hydrogen-bond acceptors (Lipinski definition) is 14. The number of alkyl halides is 1. The predicted molar refractivity (Wildman–Crippen MR) is 600 cm³/mol. The highest BCUT2D eigenvalue weighted by atomic mass is 19.1. The Labute approximate surface area is 854 Å². The van der Waals surface area contributed by atoms with Crippen LogP contribution >= 0.6 is 0 Å². The van der Waals surface area contributed by atoms with E-state index in [-0.39, 0.29) is 6.61 Å². The first-order chi connectivity index (χ1) is 64.6. The molecule has 0 aromatic carbocycles. The zero-order valence-electron chi connectivity index (χ0n) is 98.7. The predicted octanol–water partition coefficient (Wildman–Crippen LogP) is 29.6. The smallest absolute Gasteiger partial charge is 0.133 e. The van der Waals surface area contributed by atoms with Gasteiger partial charge < -0.3 is 48.6 Å². The number of rotatable bonds is 23. The van der Waals surface area contributed by atoms with E-state index in [4.69, 9.17) is 24.1 Å². The van der Waals surface area contributed by atoms with E-state index >= 15 is 0 Å². The Hall–Kier alpha value is -0.630. The molecule has 136 heavy (non-hydrogen) atoms. The first-order valence-electron chi connectivity index (χ1n) is 59.7. The third-order valence-corrected chi connectivity index (χ3v) is 28.7. The van der Waals surface area contributed by atoms with Crippen molar-refractivity contribution in [1.82, 2.24) is 44.1 Å². The Morgan fingerprint density at radius 1 is 0.316 bits per heavy atom. The normalized spacial score (nSPS) is 25.3. The molecule has 5 aliphatic carbocycles. The lowest BCUT2D eigenvalue weighted by molar-refractivity contribution is -0.0232. The number of morpholine rings is 1. The molecule has 8 atom stereocenters. The van der Waals surface area contributed by atoms with Gasteiger partial charge in [-0.2, -0.15) is 0 Å². The molecule has 1 N–H and O–H groups in total. The molecule has 17 fully saturated rings. The number of aliphatic hydroxyl groups is 1. The summed E-state index contributed by atoms with van der Waals surface area (Å²) in [5, 5.41) is 7.57. The molecule has 14 nitrogen and oxygen atoms in total. The van der Waals surface area contributed by atoms with Crippen molar-refractivity contribution in [1.29, 1.82) is 0 Å². The van der Waals surface area contributed by atoms with Crippen LogP contribution in [0.25, 0.3) is 0 Å². The van der Waals surface area contributed by atoms with Gasteiger partial charge in [0.1, 0.15) is 5.67 Å². The van der Waals surface area contributed by atoms with E-state index in [1.807, 2.05) is 13.8 Å². The van der Waals surface area contributed by atoms with Crippen LogP contribution in [0.1, 0.15) is 439 Å². The standard InChI is InChI=1S/4C11H21N.C10H19N.C8H16FN.C8H17NO.C7H15N.C6H15N.2C6H14.C5H10.C5H12.3C4H8O.C2H6O.C2H6/c1-9(2)6-12-7-10-3-4-11(5-10)8-12;1-9(2)6-12-7-10-4-3-5-11(10)8-12;1-9(2)8-12-10-4-3-5-11(12)7-6-10;1-10(2)7-12-8-11(9-12)5-3-4-6-11;1-8(2)6-11-7-9-3-4-10(11)5-9;1-7(2)4-10-5-8(3,9)6-10;1-8(2)7-9-3-5-10-6-4-9;1-7(2)6-8-4-3-5-8;1-6(2)5-7(3)4;2*1-4-5-6(2)3;1-2-4-5-3-1;1-4-5(2)3;3*1-2-4-5-3-1;1-2-3;1-2/h3*9-11H,3-8H2,1-2H3;10H,3-9H2,1-2H3;8-10H,3-7H2,1-2H3;7H,4-6H2,1-3H3;8H,3-7H2,1-2H3;7H,3-6H2,1-2H3;6H,5H2,1-4H3;2*6H,4-5H2,1-3H3;1-5H2;5H,4H2,1-3H3;3*1-4H2;3H,2H2,1H3;1-2H3. The average Bonchev–Trinajstić information content (AvgIpc) is 1.57. The van der Waals surface area contributed by atoms with Crippen LogP contribution in [0.15, 0.2) is 0 Å². The molecule has 818 valence electrons. The molecule has 0 aromatic rings. The number of hydrogen-bond donors (Lipinski definition) is 1. The topological polar surface area (TPSA) is 86.3 Å². The molecule has 12 aliphatic heterocycles. The summed E-state index contributed by atoms with van der Waals surface area (Å²) in [6.07, 6.45) is 50.3. The van der Waals surface area contributed by atoms with E-state index < -0.39 is 5.67 Å². The zero-order valence-corrected chi connectivity index (χ0v) is 98.7. The first kappa shape index (κ1) is 135. The van der Waals surface area contributed by atoms with Gasteiger partial charge in [-0.25, -0.2) is 4.39 Å². The summed E-state index contributed by atoms with van der Waals surface area (Å²) in [6, 6.07) is 2.90. The van der Waals surface area contributed by atoms with Crippen molar-refractivity contribution < 1.29 is 28.4 Å². The summed E-state index contributed by atoms with van der Waals surface area (Å²) >= 11 is 0. The second kappa shape index (κ2) is 84.3. The molecule has 12 heterocycles. The van der Waals surface area contributed by atoms with Gasteiger partial charge in [-0.3, -0.25) is 19.6 Å². The van der Waals surface area contributed by atoms with Crippen LogP contribution in [-0.4, -0.2) is 291 Å². The van der Waals surface area contributed by atoms with E-state index in [0.717, 1.165) is 191 Å². The van der Waals surface area contributed by atoms with E-state index in [1.54, 1.807) is 13.8 Å². The van der Waals surface area contributed by atoms with Crippen LogP contribution in [0, 0.1) is 106 Å². The van der Waals surface area contributed by atoms with Gasteiger partial charge in [0.2, 0.25) is 0 Å². The number of fused-ring (bicyclic) bond motifs is 7. The van der Waals surface area contributed by atoms with E-state index in [2.05, 4.69) is 245 Å². The molecule has 5 saturated carbocycles. The van der Waals surface area contributed by atoms with E-state index in [0.29, 0.717) is 19.0 Å². The monoisotopic (exact) mass is 1930 g/mol. The van der Waals surface area contributed by atoms with Crippen molar-refractivity contribution >= 4 is 0 Å². The highest BCUT2D eigenvalue weighted by Gasteiger charge is 2.45. The van der Waals surface area contributed by atoms with Crippen molar-refractivity contribution in [3.05, 3.63) is 0 Å². The quantitative estimate of drug-likeness (QED) is 0.105. The van der Waals surface area contributed by atoms with Crippen LogP contribution in [0.4, 0.5) is 4.39 Å². The molecule has 8 unspecified atom stereocenters. The summed E-state index contributed by atoms with van der Waals surface area (Å²) in [5.41, 5.74) is -0.0935. The Morgan fingerprint density at radius 2 is 0.640 bits per heavy atom. The third-order valence-electron chi connectivity index (χ3n) is 28.7. The molecule has 17 rings (SSSR count). The fraction of sp³-hybridized carbons (Fsp3) is 1.00. The van der Waals surface area contributed by atoms with Gasteiger partial charge in [-0.05, 0) is 288 Å². The lowest BCUT2D eigenvalue weighted by Crippen LogP contribution is -2.57. The minimum absolute atomic E-state index is 0.250. The largest absolute Gasteiger partial charge is 0.397 e. The number of ether oxygens (including phenoxy) is 4. The van der Waals surface area contributed by atoms with Crippen molar-refractivity contribution in [3.8, 4) is 0 Å². The van der Waals surface area contributed by atoms with Crippen molar-refractivity contribution in [2.24, 2.45) is 106 Å². The maximum atomic E-state index is 12.9. The average molecular weight is 1930 g/mol. The summed E-state index contributed by atoms with van der Waals surface area (Å²) in [7, 11) is 4.19. The summed E-state index contributed by atoms with van der Waals surface area (Å²) < 4.78 is 32.9. The molecular formula is C121H252FN9O5. The lowest BCUT2D eigenvalue weighted by atomic mass is 9.78. The Morgan fingerprint density at radius 3 is 0.919 bits per heavy atom. The second-order valence-corrected chi connectivity index (χ2v) is 50.3. The van der Waals surface area contributed by atoms with Gasteiger partial charge in [0.05, 0.1) is 13.2 Å². The zero-order chi connectivity index (χ0) is 102. The Kier molecular flexibility index (Phi) is 83.9. The molecular weight excluding hydrogens is 1680 g/mol. The second-order valence-electron chi connectivity index (χ2n) is 50.3. The maximum Gasteiger partial charge on any atom is 0.133 e. The molecule has 0 amide bonds. The lowest BCUT2D eigenvalue weighted by Gasteiger charge is -2.49. The van der Waals surface area contributed by atoms with Gasteiger partial charge >= 0.3 is 0 Å². The summed E-state index contributed by atoms with van der Waals surface area (Å²) in [6.45, 7) is 104. The van der Waals surface area contributed by atoms with Crippen molar-refractivity contribution in [3.63, 3.8) is 0 Å². The summed E-state index contributed by atoms with van der Waals surface area (Å²) in [4.78, 5) is 22.8. The molecule has 0 radical (unpaired) electrons. The van der Waals surface area contributed by atoms with Crippen molar-refractivity contribution in [2.45, 2.75) is 463 Å². The fourth-order valence-electron chi connectivity index (χ4n) is 22.8. The van der Waals surface area contributed by atoms with Gasteiger partial charge in [0.15, 0.2) is 0 Å². The number of piperidine rings is 3. The number of likely N-dealkylation sites (tertiary alicyclic amines) is 6. The molecule has 6 bridgehead atoms. The van der Waals surface area contributed by atoms with E-state index in [1.165, 1.54) is 336 Å². The maximum absolute atomic E-state index is 12.9. The molecule has 15 heteroatoms. The highest BCUT2D eigenvalue weighted by molar-refractivity contribution is 4.99. The molecule has 12 saturated heterocycles. The van der Waals surface area contributed by atoms with Gasteiger partial charge in [0.25, 0.3) is 0 Å². The summed E-state index contributed by atoms with van der Waals surface area (Å²) in [5.74, 6) is 15.4. The van der Waals surface area contributed by atoms with Crippen LogP contribution in [0.5, 0.6) is 0 Å². The number of halogens is 1. The van der Waals surface area contributed by atoms with Crippen molar-refractivity contribution in [2.75, 3.05) is 218 Å². The van der Waals surface area contributed by atoms with Crippen LogP contribution in [0.2, 0.25) is 0 Å². The number of aliphatic hydroxyl groups excluding tert-OH is 1. The first-order valence-corrected chi connectivity index (χ1v) is 59.7. The van der Waals surface area contributed by atoms with Gasteiger partial charge in [-0.15, -0.1) is 0 Å². The Bertz CT molecular complexity index is 2380. The minimum Gasteiger partial charge on any atom is -0.397 e. The molecule has 17 aliphatic rings. The highest BCUT2D eigenvalue weighted by Crippen LogP contribution is 2.46. The van der Waals surface area contributed by atoms with Crippen LogP contribution in [-0.2, 0) is 18.9 Å². The Balaban J connectivity index is 0.00000144. The van der Waals surface area contributed by atoms with E-state index in [9.17, 15) is 4.39 Å². The van der Waals surface area contributed by atoms with Gasteiger partial charge in [0, 0.05) is 189 Å². The molecule has 1 spiro atoms.